The molecule has 26 heavy (non-hydrogen) atoms. The van der Waals surface area contributed by atoms with Gasteiger partial charge in [-0.1, -0.05) is 41.9 Å². The molecule has 0 bridgehead atoms. The van der Waals surface area contributed by atoms with Crippen molar-refractivity contribution in [3.63, 3.8) is 0 Å². The Morgan fingerprint density at radius 1 is 0.885 bits per heavy atom. The molecule has 0 saturated carbocycles. The van der Waals surface area contributed by atoms with Crippen LogP contribution in [0.4, 0.5) is 11.4 Å². The Hall–Kier alpha value is -3.31. The lowest BCUT2D eigenvalue weighted by molar-refractivity contribution is -0.384. The van der Waals surface area contributed by atoms with E-state index in [2.05, 4.69) is 4.99 Å². The van der Waals surface area contributed by atoms with E-state index in [1.165, 1.54) is 24.3 Å². The summed E-state index contributed by atoms with van der Waals surface area (Å²) in [5.41, 5.74) is 1.64. The second-order valence-corrected chi connectivity index (χ2v) is 5.88. The van der Waals surface area contributed by atoms with Crippen LogP contribution in [0.15, 0.2) is 83.9 Å². The number of ketones is 1. The monoisotopic (exact) mass is 364 g/mol. The number of nitrogens with zero attached hydrogens (tertiary/aromatic N) is 2. The maximum absolute atomic E-state index is 13.0. The number of nitro groups is 1. The summed E-state index contributed by atoms with van der Waals surface area (Å²) in [6.07, 6.45) is 0. The highest BCUT2D eigenvalue weighted by Gasteiger charge is 2.18. The third-order valence-electron chi connectivity index (χ3n) is 3.65. The number of aliphatic imine (C=N–C) groups is 1. The van der Waals surface area contributed by atoms with E-state index in [1.54, 1.807) is 36.4 Å². The number of non-ortho nitro benzene ring substituents is 1. The number of halogens is 1. The van der Waals surface area contributed by atoms with E-state index in [1.807, 2.05) is 18.2 Å². The maximum atomic E-state index is 13.0. The number of nitro benzene ring substituents is 1. The van der Waals surface area contributed by atoms with E-state index >= 15 is 0 Å². The summed E-state index contributed by atoms with van der Waals surface area (Å²) < 4.78 is 0. The fraction of sp³-hybridized carbons (Fsp3) is 0. The molecular weight excluding hydrogens is 352 g/mol. The van der Waals surface area contributed by atoms with Gasteiger partial charge in [-0.3, -0.25) is 14.9 Å². The number of benzene rings is 3. The highest BCUT2D eigenvalue weighted by molar-refractivity contribution is 6.52. The zero-order valence-electron chi connectivity index (χ0n) is 13.5. The van der Waals surface area contributed by atoms with Crippen LogP contribution < -0.4 is 0 Å². The number of hydrogen-bond donors (Lipinski definition) is 0. The Morgan fingerprint density at radius 2 is 1.58 bits per heavy atom. The molecule has 0 amide bonds. The molecule has 5 nitrogen and oxygen atoms in total. The third kappa shape index (κ3) is 4.02. The van der Waals surface area contributed by atoms with Gasteiger partial charge in [-0.2, -0.15) is 0 Å². The summed E-state index contributed by atoms with van der Waals surface area (Å²) in [4.78, 5) is 27.8. The summed E-state index contributed by atoms with van der Waals surface area (Å²) in [5.74, 6) is -0.342. The molecule has 0 aliphatic rings. The highest BCUT2D eigenvalue weighted by Crippen LogP contribution is 2.20. The van der Waals surface area contributed by atoms with Gasteiger partial charge in [0.15, 0.2) is 0 Å². The third-order valence-corrected chi connectivity index (χ3v) is 3.89. The van der Waals surface area contributed by atoms with E-state index in [0.717, 1.165) is 0 Å². The molecule has 3 aromatic carbocycles. The van der Waals surface area contributed by atoms with Crippen LogP contribution >= 0.6 is 11.6 Å². The first-order chi connectivity index (χ1) is 12.5. The largest absolute Gasteiger partial charge is 0.287 e. The van der Waals surface area contributed by atoms with Crippen LogP contribution in [0.2, 0.25) is 5.02 Å². The molecule has 128 valence electrons. The van der Waals surface area contributed by atoms with Crippen molar-refractivity contribution in [3.8, 4) is 0 Å². The molecule has 0 heterocycles. The van der Waals surface area contributed by atoms with Gasteiger partial charge in [0.2, 0.25) is 5.78 Å². The van der Waals surface area contributed by atoms with E-state index in [4.69, 9.17) is 11.6 Å². The average Bonchev–Trinajstić information content (AvgIpc) is 2.66. The lowest BCUT2D eigenvalue weighted by Gasteiger charge is -2.07. The van der Waals surface area contributed by atoms with Gasteiger partial charge in [-0.05, 0) is 36.4 Å². The summed E-state index contributed by atoms with van der Waals surface area (Å²) in [7, 11) is 0. The summed E-state index contributed by atoms with van der Waals surface area (Å²) in [6.45, 7) is 0. The SMILES string of the molecule is O=C(C(=Nc1ccccc1)c1cccc(Cl)c1)c1ccc([N+](=O)[O-])cc1. The molecule has 3 rings (SSSR count). The second-order valence-electron chi connectivity index (χ2n) is 5.44. The van der Waals surface area contributed by atoms with Crippen molar-refractivity contribution in [1.82, 2.24) is 0 Å². The van der Waals surface area contributed by atoms with Crippen LogP contribution in [0.1, 0.15) is 15.9 Å². The minimum atomic E-state index is -0.510. The average molecular weight is 365 g/mol. The van der Waals surface area contributed by atoms with Crippen LogP contribution in [0.3, 0.4) is 0 Å². The molecule has 6 heteroatoms. The van der Waals surface area contributed by atoms with E-state index < -0.39 is 4.92 Å². The molecule has 0 spiro atoms. The molecule has 0 saturated heterocycles. The minimum absolute atomic E-state index is 0.0779. The smallest absolute Gasteiger partial charge is 0.269 e. The predicted octanol–water partition coefficient (Wildman–Crippen LogP) is 5.25. The zero-order chi connectivity index (χ0) is 18.5. The Bertz CT molecular complexity index is 983. The fourth-order valence-corrected chi connectivity index (χ4v) is 2.58. The molecule has 0 atom stereocenters. The molecule has 0 aliphatic carbocycles. The zero-order valence-corrected chi connectivity index (χ0v) is 14.3. The molecule has 0 fully saturated rings. The van der Waals surface area contributed by atoms with Gasteiger partial charge in [0.1, 0.15) is 5.71 Å². The summed E-state index contributed by atoms with van der Waals surface area (Å²) in [6, 6.07) is 21.4. The first kappa shape index (κ1) is 17.5. The molecule has 0 unspecified atom stereocenters. The quantitative estimate of drug-likeness (QED) is 0.268. The van der Waals surface area contributed by atoms with Crippen LogP contribution in [0.5, 0.6) is 0 Å². The van der Waals surface area contributed by atoms with Crippen molar-refractivity contribution < 1.29 is 9.72 Å². The summed E-state index contributed by atoms with van der Waals surface area (Å²) >= 11 is 6.06. The van der Waals surface area contributed by atoms with Gasteiger partial charge in [-0.25, -0.2) is 4.99 Å². The Labute approximate surface area is 154 Å². The number of hydrogen-bond acceptors (Lipinski definition) is 4. The Kier molecular flexibility index (Phi) is 5.20. The molecule has 0 aliphatic heterocycles. The van der Waals surface area contributed by atoms with Crippen molar-refractivity contribution in [2.75, 3.05) is 0 Å². The number of Topliss-reactive ketones (excluding diaryl/α,β-unsaturated/α-hetero) is 1. The van der Waals surface area contributed by atoms with Gasteiger partial charge in [-0.15, -0.1) is 0 Å². The van der Waals surface area contributed by atoms with Gasteiger partial charge >= 0.3 is 0 Å². The number of carbonyl (C=O) groups excluding carboxylic acids is 1. The lowest BCUT2D eigenvalue weighted by atomic mass is 10.00. The van der Waals surface area contributed by atoms with Crippen molar-refractivity contribution in [1.29, 1.82) is 0 Å². The van der Waals surface area contributed by atoms with Crippen LogP contribution in [0, 0.1) is 10.1 Å². The van der Waals surface area contributed by atoms with Gasteiger partial charge in [0.25, 0.3) is 5.69 Å². The van der Waals surface area contributed by atoms with Crippen LogP contribution in [0.25, 0.3) is 0 Å². The fourth-order valence-electron chi connectivity index (χ4n) is 2.39. The van der Waals surface area contributed by atoms with Gasteiger partial charge in [0.05, 0.1) is 10.6 Å². The standard InChI is InChI=1S/C20H13ClN2O3/c21-16-6-4-5-15(13-16)19(22-17-7-2-1-3-8-17)20(24)14-9-11-18(12-10-14)23(25)26/h1-13H. The summed E-state index contributed by atoms with van der Waals surface area (Å²) in [5, 5.41) is 11.3. The van der Waals surface area contributed by atoms with Crippen molar-refractivity contribution in [2.45, 2.75) is 0 Å². The van der Waals surface area contributed by atoms with Crippen molar-refractivity contribution in [3.05, 3.63) is 105 Å². The number of carbonyl (C=O) groups is 1. The number of rotatable bonds is 5. The van der Waals surface area contributed by atoms with E-state index in [9.17, 15) is 14.9 Å². The molecular formula is C20H13ClN2O3. The van der Waals surface area contributed by atoms with Crippen molar-refractivity contribution >= 4 is 34.5 Å². The first-order valence-electron chi connectivity index (χ1n) is 7.73. The maximum Gasteiger partial charge on any atom is 0.269 e. The van der Waals surface area contributed by atoms with Crippen LogP contribution in [-0.4, -0.2) is 16.4 Å². The second kappa shape index (κ2) is 7.72. The van der Waals surface area contributed by atoms with E-state index in [0.29, 0.717) is 21.8 Å². The van der Waals surface area contributed by atoms with Gasteiger partial charge in [0, 0.05) is 28.3 Å². The lowest BCUT2D eigenvalue weighted by Crippen LogP contribution is -2.16. The first-order valence-corrected chi connectivity index (χ1v) is 8.11. The molecule has 0 aromatic heterocycles. The van der Waals surface area contributed by atoms with E-state index in [-0.39, 0.29) is 17.2 Å². The topological polar surface area (TPSA) is 72.6 Å². The Balaban J connectivity index is 2.06. The minimum Gasteiger partial charge on any atom is -0.287 e. The van der Waals surface area contributed by atoms with Crippen LogP contribution in [-0.2, 0) is 0 Å². The predicted molar refractivity (Wildman–Crippen MR) is 102 cm³/mol. The molecule has 0 radical (unpaired) electrons. The Morgan fingerprint density at radius 3 is 2.19 bits per heavy atom. The molecule has 3 aromatic rings. The highest BCUT2D eigenvalue weighted by atomic mass is 35.5. The molecule has 0 N–H and O–H groups in total. The van der Waals surface area contributed by atoms with Crippen molar-refractivity contribution in [2.24, 2.45) is 4.99 Å². The number of para-hydroxylation sites is 1. The van der Waals surface area contributed by atoms with Gasteiger partial charge < -0.3 is 0 Å². The normalized spacial score (nSPS) is 11.2.